The highest BCUT2D eigenvalue weighted by Gasteiger charge is 2.51. The Morgan fingerprint density at radius 1 is 1.33 bits per heavy atom. The molecule has 0 aromatic carbocycles. The first-order valence-corrected chi connectivity index (χ1v) is 8.33. The Balaban J connectivity index is 1.35. The van der Waals surface area contributed by atoms with Gasteiger partial charge in [-0.3, -0.25) is 14.5 Å². The molecule has 1 aromatic heterocycles. The van der Waals surface area contributed by atoms with Gasteiger partial charge in [0.25, 0.3) is 5.91 Å². The second kappa shape index (κ2) is 5.56. The number of rotatable bonds is 3. The molecule has 1 aromatic rings. The summed E-state index contributed by atoms with van der Waals surface area (Å²) in [7, 11) is 3.53. The van der Waals surface area contributed by atoms with Crippen LogP contribution in [0.3, 0.4) is 0 Å². The van der Waals surface area contributed by atoms with Gasteiger partial charge in [-0.2, -0.15) is 0 Å². The smallest absolute Gasteiger partial charge is 0.276 e. The molecule has 2 amide bonds. The molecule has 0 bridgehead atoms. The van der Waals surface area contributed by atoms with Crippen LogP contribution in [0.4, 0.5) is 0 Å². The Morgan fingerprint density at radius 2 is 2.08 bits per heavy atom. The summed E-state index contributed by atoms with van der Waals surface area (Å²) in [6.07, 6.45) is 2.23. The maximum absolute atomic E-state index is 12.5. The highest BCUT2D eigenvalue weighted by atomic mass is 16.5. The van der Waals surface area contributed by atoms with Crippen LogP contribution < -0.4 is 5.32 Å². The van der Waals surface area contributed by atoms with E-state index in [9.17, 15) is 9.59 Å². The van der Waals surface area contributed by atoms with Crippen molar-refractivity contribution in [2.45, 2.75) is 30.4 Å². The fourth-order valence-electron chi connectivity index (χ4n) is 3.53. The van der Waals surface area contributed by atoms with Crippen LogP contribution in [0.15, 0.2) is 10.6 Å². The number of hydrogen-bond acceptors (Lipinski definition) is 6. The number of aromatic nitrogens is 1. The van der Waals surface area contributed by atoms with Gasteiger partial charge in [-0.15, -0.1) is 0 Å². The van der Waals surface area contributed by atoms with Gasteiger partial charge in [-0.05, 0) is 19.9 Å². The summed E-state index contributed by atoms with van der Waals surface area (Å²) in [5.41, 5.74) is -0.00278. The number of nitrogens with zero attached hydrogens (tertiary/aromatic N) is 3. The van der Waals surface area contributed by atoms with E-state index in [1.807, 2.05) is 11.9 Å². The van der Waals surface area contributed by atoms with Gasteiger partial charge >= 0.3 is 0 Å². The van der Waals surface area contributed by atoms with Gasteiger partial charge in [0.1, 0.15) is 17.4 Å². The van der Waals surface area contributed by atoms with Crippen LogP contribution in [0.1, 0.15) is 35.0 Å². The quantitative estimate of drug-likeness (QED) is 0.825. The molecule has 8 nitrogen and oxygen atoms in total. The molecule has 1 aliphatic carbocycles. The van der Waals surface area contributed by atoms with Crippen molar-refractivity contribution in [2.24, 2.45) is 0 Å². The van der Waals surface area contributed by atoms with E-state index >= 15 is 0 Å². The van der Waals surface area contributed by atoms with Crippen molar-refractivity contribution in [1.29, 1.82) is 0 Å². The first-order valence-electron chi connectivity index (χ1n) is 8.33. The summed E-state index contributed by atoms with van der Waals surface area (Å²) < 4.78 is 11.2. The van der Waals surface area contributed by atoms with E-state index < -0.39 is 0 Å². The van der Waals surface area contributed by atoms with Crippen molar-refractivity contribution in [2.75, 3.05) is 40.3 Å². The standard InChI is InChI=1S/C16H22N4O4/c1-17-14(21)12-6-23-16(7-19(12)2)8-20(9-16)15(22)11-5-13(24-18-11)10-3-4-10/h5,10,12H,3-4,6-9H2,1-2H3,(H,17,21)/t12-/m0/s1. The predicted molar refractivity (Wildman–Crippen MR) is 83.5 cm³/mol. The lowest BCUT2D eigenvalue weighted by atomic mass is 9.90. The molecule has 8 heteroatoms. The van der Waals surface area contributed by atoms with Gasteiger partial charge in [0.2, 0.25) is 5.91 Å². The molecule has 2 aliphatic heterocycles. The van der Waals surface area contributed by atoms with Gasteiger partial charge < -0.3 is 19.5 Å². The zero-order chi connectivity index (χ0) is 16.9. The molecular weight excluding hydrogens is 312 g/mol. The molecule has 24 heavy (non-hydrogen) atoms. The number of hydrogen-bond donors (Lipinski definition) is 1. The average molecular weight is 334 g/mol. The van der Waals surface area contributed by atoms with Crippen LogP contribution in [0.25, 0.3) is 0 Å². The Labute approximate surface area is 140 Å². The van der Waals surface area contributed by atoms with Crippen LogP contribution in [0.5, 0.6) is 0 Å². The predicted octanol–water partition coefficient (Wildman–Crippen LogP) is -0.177. The van der Waals surface area contributed by atoms with E-state index in [-0.39, 0.29) is 23.5 Å². The summed E-state index contributed by atoms with van der Waals surface area (Å²) in [6, 6.07) is 1.49. The maximum atomic E-state index is 12.5. The summed E-state index contributed by atoms with van der Waals surface area (Å²) in [5, 5.41) is 6.55. The number of morpholine rings is 1. The van der Waals surface area contributed by atoms with Crippen molar-refractivity contribution in [1.82, 2.24) is 20.3 Å². The number of carbonyl (C=O) groups is 2. The molecule has 3 heterocycles. The number of carbonyl (C=O) groups excluding carboxylic acids is 2. The molecule has 1 atom stereocenters. The largest absolute Gasteiger partial charge is 0.368 e. The van der Waals surface area contributed by atoms with Gasteiger partial charge in [0.05, 0.1) is 19.7 Å². The van der Waals surface area contributed by atoms with Crippen molar-refractivity contribution in [3.05, 3.63) is 17.5 Å². The van der Waals surface area contributed by atoms with Crippen LogP contribution in [-0.4, -0.2) is 78.8 Å². The highest BCUT2D eigenvalue weighted by Crippen LogP contribution is 2.40. The van der Waals surface area contributed by atoms with Gasteiger partial charge in [-0.1, -0.05) is 5.16 Å². The molecule has 130 valence electrons. The molecule has 4 rings (SSSR count). The maximum Gasteiger partial charge on any atom is 0.276 e. The third-order valence-corrected chi connectivity index (χ3v) is 5.14. The third kappa shape index (κ3) is 2.59. The van der Waals surface area contributed by atoms with E-state index in [2.05, 4.69) is 10.5 Å². The first-order chi connectivity index (χ1) is 11.5. The number of ether oxygens (including phenoxy) is 1. The monoisotopic (exact) mass is 334 g/mol. The van der Waals surface area contributed by atoms with Crippen molar-refractivity contribution >= 4 is 11.8 Å². The minimum atomic E-state index is -0.377. The van der Waals surface area contributed by atoms with E-state index in [1.165, 1.54) is 0 Å². The summed E-state index contributed by atoms with van der Waals surface area (Å²) >= 11 is 0. The van der Waals surface area contributed by atoms with E-state index in [0.717, 1.165) is 18.6 Å². The second-order valence-electron chi connectivity index (χ2n) is 7.09. The van der Waals surface area contributed by atoms with E-state index in [4.69, 9.17) is 9.26 Å². The fourth-order valence-corrected chi connectivity index (χ4v) is 3.53. The lowest BCUT2D eigenvalue weighted by molar-refractivity contribution is -0.187. The molecule has 1 saturated carbocycles. The molecule has 3 aliphatic rings. The Hall–Kier alpha value is -1.93. The number of likely N-dealkylation sites (N-methyl/N-ethyl adjacent to an activating group) is 2. The molecule has 0 unspecified atom stereocenters. The summed E-state index contributed by atoms with van der Waals surface area (Å²) in [6.45, 7) is 2.00. The van der Waals surface area contributed by atoms with Crippen LogP contribution in [-0.2, 0) is 9.53 Å². The zero-order valence-corrected chi connectivity index (χ0v) is 13.9. The van der Waals surface area contributed by atoms with Gasteiger partial charge in [0.15, 0.2) is 5.69 Å². The normalized spacial score (nSPS) is 26.2. The highest BCUT2D eigenvalue weighted by molar-refractivity contribution is 5.93. The second-order valence-corrected chi connectivity index (χ2v) is 7.09. The van der Waals surface area contributed by atoms with Gasteiger partial charge in [0, 0.05) is 25.6 Å². The molecule has 2 saturated heterocycles. The van der Waals surface area contributed by atoms with Crippen LogP contribution in [0.2, 0.25) is 0 Å². The Morgan fingerprint density at radius 3 is 2.71 bits per heavy atom. The van der Waals surface area contributed by atoms with Crippen LogP contribution >= 0.6 is 0 Å². The van der Waals surface area contributed by atoms with Gasteiger partial charge in [-0.25, -0.2) is 0 Å². The van der Waals surface area contributed by atoms with E-state index in [1.54, 1.807) is 18.0 Å². The number of amides is 2. The topological polar surface area (TPSA) is 87.9 Å². The Bertz CT molecular complexity index is 663. The SMILES string of the molecule is CNC(=O)[C@@H]1COC2(CN(C(=O)c3cc(C4CC4)on3)C2)CN1C. The number of nitrogens with one attached hydrogen (secondary N) is 1. The molecule has 0 radical (unpaired) electrons. The molecular formula is C16H22N4O4. The minimum Gasteiger partial charge on any atom is -0.368 e. The third-order valence-electron chi connectivity index (χ3n) is 5.14. The average Bonchev–Trinajstić information content (AvgIpc) is 3.28. The van der Waals surface area contributed by atoms with Crippen molar-refractivity contribution in [3.63, 3.8) is 0 Å². The minimum absolute atomic E-state index is 0.0465. The fraction of sp³-hybridized carbons (Fsp3) is 0.688. The molecule has 1 spiro atoms. The lowest BCUT2D eigenvalue weighted by Crippen LogP contribution is -2.73. The summed E-state index contributed by atoms with van der Waals surface area (Å²) in [5.74, 6) is 1.10. The summed E-state index contributed by atoms with van der Waals surface area (Å²) in [4.78, 5) is 28.0. The van der Waals surface area contributed by atoms with Crippen LogP contribution in [0, 0.1) is 0 Å². The first kappa shape index (κ1) is 15.6. The zero-order valence-electron chi connectivity index (χ0n) is 13.9. The number of likely N-dealkylation sites (tertiary alicyclic amines) is 1. The molecule has 3 fully saturated rings. The lowest BCUT2D eigenvalue weighted by Gasteiger charge is -2.54. The van der Waals surface area contributed by atoms with Crippen molar-refractivity contribution < 1.29 is 18.8 Å². The Kier molecular flexibility index (Phi) is 3.61. The molecule has 1 N–H and O–H groups in total. The van der Waals surface area contributed by atoms with Crippen molar-refractivity contribution in [3.8, 4) is 0 Å². The van der Waals surface area contributed by atoms with E-state index in [0.29, 0.717) is 37.9 Å².